The molecule has 21 heavy (non-hydrogen) atoms. The highest BCUT2D eigenvalue weighted by atomic mass is 16.4. The molecular weight excluding hydrogens is 274 g/mol. The quantitative estimate of drug-likeness (QED) is 0.874. The van der Waals surface area contributed by atoms with Crippen molar-refractivity contribution in [3.8, 4) is 0 Å². The van der Waals surface area contributed by atoms with Crippen LogP contribution in [0.3, 0.4) is 0 Å². The molecule has 114 valence electrons. The molecule has 7 nitrogen and oxygen atoms in total. The second-order valence-electron chi connectivity index (χ2n) is 4.91. The molecule has 1 aromatic rings. The summed E-state index contributed by atoms with van der Waals surface area (Å²) in [6.45, 7) is 1.62. The summed E-state index contributed by atoms with van der Waals surface area (Å²) >= 11 is 0. The Labute approximate surface area is 123 Å². The van der Waals surface area contributed by atoms with Gasteiger partial charge in [0.15, 0.2) is 0 Å². The minimum Gasteiger partial charge on any atom is -0.478 e. The van der Waals surface area contributed by atoms with E-state index in [1.54, 1.807) is 33.2 Å². The highest BCUT2D eigenvalue weighted by Crippen LogP contribution is 2.15. The number of hydrogen-bond donors (Lipinski definition) is 2. The van der Waals surface area contributed by atoms with Crippen molar-refractivity contribution in [3.05, 3.63) is 29.3 Å². The molecule has 0 aliphatic heterocycles. The normalized spacial score (nSPS) is 9.90. The number of nitrogens with zero attached hydrogens (tertiary/aromatic N) is 2. The van der Waals surface area contributed by atoms with Crippen LogP contribution in [0.2, 0.25) is 0 Å². The topological polar surface area (TPSA) is 90.0 Å². The Kier molecular flexibility index (Phi) is 5.29. The summed E-state index contributed by atoms with van der Waals surface area (Å²) in [5.74, 6) is -1.26. The first kappa shape index (κ1) is 16.5. The zero-order valence-electron chi connectivity index (χ0n) is 12.5. The van der Waals surface area contributed by atoms with Crippen LogP contribution in [0.5, 0.6) is 0 Å². The number of nitrogens with one attached hydrogen (secondary N) is 1. The van der Waals surface area contributed by atoms with Crippen LogP contribution in [-0.4, -0.2) is 60.5 Å². The summed E-state index contributed by atoms with van der Waals surface area (Å²) < 4.78 is 0. The number of carboxylic acid groups (broad SMARTS) is 1. The monoisotopic (exact) mass is 293 g/mol. The maximum Gasteiger partial charge on any atom is 0.336 e. The third kappa shape index (κ3) is 4.48. The fourth-order valence-electron chi connectivity index (χ4n) is 1.57. The van der Waals surface area contributed by atoms with Crippen LogP contribution < -0.4 is 5.32 Å². The van der Waals surface area contributed by atoms with Gasteiger partial charge in [0, 0.05) is 26.8 Å². The van der Waals surface area contributed by atoms with Gasteiger partial charge >= 0.3 is 12.0 Å². The van der Waals surface area contributed by atoms with Gasteiger partial charge < -0.3 is 20.2 Å². The van der Waals surface area contributed by atoms with Gasteiger partial charge in [-0.15, -0.1) is 0 Å². The highest BCUT2D eigenvalue weighted by Gasteiger charge is 2.15. The molecule has 7 heteroatoms. The lowest BCUT2D eigenvalue weighted by atomic mass is 10.1. The predicted molar refractivity (Wildman–Crippen MR) is 78.5 cm³/mol. The summed E-state index contributed by atoms with van der Waals surface area (Å²) in [5, 5.41) is 11.6. The first-order valence-electron chi connectivity index (χ1n) is 6.28. The lowest BCUT2D eigenvalue weighted by molar-refractivity contribution is -0.129. The first-order chi connectivity index (χ1) is 9.72. The molecule has 0 saturated carbocycles. The largest absolute Gasteiger partial charge is 0.478 e. The van der Waals surface area contributed by atoms with Crippen LogP contribution in [-0.2, 0) is 4.79 Å². The minimum absolute atomic E-state index is 0.0590. The van der Waals surface area contributed by atoms with E-state index in [4.69, 9.17) is 5.11 Å². The van der Waals surface area contributed by atoms with Crippen LogP contribution in [0.25, 0.3) is 0 Å². The Morgan fingerprint density at radius 1 is 1.19 bits per heavy atom. The van der Waals surface area contributed by atoms with E-state index < -0.39 is 12.0 Å². The van der Waals surface area contributed by atoms with Gasteiger partial charge in [-0.25, -0.2) is 9.59 Å². The molecule has 0 bridgehead atoms. The zero-order valence-corrected chi connectivity index (χ0v) is 12.5. The number of likely N-dealkylation sites (N-methyl/N-ethyl adjacent to an activating group) is 2. The fourth-order valence-corrected chi connectivity index (χ4v) is 1.57. The van der Waals surface area contributed by atoms with E-state index in [1.807, 2.05) is 0 Å². The van der Waals surface area contributed by atoms with Gasteiger partial charge in [-0.05, 0) is 24.6 Å². The second-order valence-corrected chi connectivity index (χ2v) is 4.91. The number of carboxylic acids is 1. The standard InChI is InChI=1S/C14H19N3O4/c1-9-5-6-10(7-11(9)13(19)20)15-14(21)17(4)8-12(18)16(2)3/h5-7H,8H2,1-4H3,(H,15,21)(H,19,20). The van der Waals surface area contributed by atoms with Crippen LogP contribution in [0.1, 0.15) is 15.9 Å². The van der Waals surface area contributed by atoms with Gasteiger partial charge in [-0.2, -0.15) is 0 Å². The van der Waals surface area contributed by atoms with Crippen molar-refractivity contribution in [1.29, 1.82) is 0 Å². The molecule has 0 atom stereocenters. The molecule has 0 radical (unpaired) electrons. The van der Waals surface area contributed by atoms with Crippen molar-refractivity contribution in [3.63, 3.8) is 0 Å². The van der Waals surface area contributed by atoms with E-state index in [2.05, 4.69) is 5.32 Å². The average molecular weight is 293 g/mol. The van der Waals surface area contributed by atoms with E-state index in [0.717, 1.165) is 0 Å². The van der Waals surface area contributed by atoms with Crippen molar-refractivity contribution < 1.29 is 19.5 Å². The van der Waals surface area contributed by atoms with E-state index in [-0.39, 0.29) is 18.0 Å². The number of carbonyl (C=O) groups is 3. The number of carbonyl (C=O) groups excluding carboxylic acids is 2. The molecule has 1 aromatic carbocycles. The SMILES string of the molecule is Cc1ccc(NC(=O)N(C)CC(=O)N(C)C)cc1C(=O)O. The van der Waals surface area contributed by atoms with Crippen LogP contribution in [0.15, 0.2) is 18.2 Å². The molecular formula is C14H19N3O4. The summed E-state index contributed by atoms with van der Waals surface area (Å²) in [7, 11) is 4.70. The molecule has 1 rings (SSSR count). The maximum atomic E-state index is 11.9. The minimum atomic E-state index is -1.06. The fraction of sp³-hybridized carbons (Fsp3) is 0.357. The third-order valence-electron chi connectivity index (χ3n) is 2.94. The maximum absolute atomic E-state index is 11.9. The van der Waals surface area contributed by atoms with Gasteiger partial charge in [0.2, 0.25) is 5.91 Å². The van der Waals surface area contributed by atoms with Gasteiger partial charge in [0.05, 0.1) is 5.56 Å². The Balaban J connectivity index is 2.77. The lowest BCUT2D eigenvalue weighted by Crippen LogP contribution is -2.39. The van der Waals surface area contributed by atoms with Crippen molar-refractivity contribution in [2.75, 3.05) is 33.0 Å². The highest BCUT2D eigenvalue weighted by molar-refractivity contribution is 5.95. The van der Waals surface area contributed by atoms with Crippen LogP contribution in [0, 0.1) is 6.92 Å². The average Bonchev–Trinajstić information content (AvgIpc) is 2.40. The zero-order chi connectivity index (χ0) is 16.2. The smallest absolute Gasteiger partial charge is 0.336 e. The van der Waals surface area contributed by atoms with E-state index >= 15 is 0 Å². The molecule has 0 unspecified atom stereocenters. The van der Waals surface area contributed by atoms with Gasteiger partial charge in [0.1, 0.15) is 6.54 Å². The number of rotatable bonds is 4. The van der Waals surface area contributed by atoms with Crippen LogP contribution in [0.4, 0.5) is 10.5 Å². The second kappa shape index (κ2) is 6.74. The Morgan fingerprint density at radius 3 is 2.33 bits per heavy atom. The van der Waals surface area contributed by atoms with Gasteiger partial charge in [0.25, 0.3) is 0 Å². The van der Waals surface area contributed by atoms with Crippen molar-refractivity contribution in [2.24, 2.45) is 0 Å². The Morgan fingerprint density at radius 2 is 1.81 bits per heavy atom. The molecule has 0 aliphatic rings. The number of urea groups is 1. The lowest BCUT2D eigenvalue weighted by Gasteiger charge is -2.20. The van der Waals surface area contributed by atoms with E-state index in [9.17, 15) is 14.4 Å². The molecule has 0 aliphatic carbocycles. The molecule has 0 spiro atoms. The molecule has 2 N–H and O–H groups in total. The number of benzene rings is 1. The molecule has 0 heterocycles. The number of aryl methyl sites for hydroxylation is 1. The molecule has 0 saturated heterocycles. The van der Waals surface area contributed by atoms with Crippen molar-refractivity contribution in [1.82, 2.24) is 9.80 Å². The van der Waals surface area contributed by atoms with E-state index in [0.29, 0.717) is 11.3 Å². The summed E-state index contributed by atoms with van der Waals surface area (Å²) in [6.07, 6.45) is 0. The summed E-state index contributed by atoms with van der Waals surface area (Å²) in [5.41, 5.74) is 1.10. The molecule has 0 fully saturated rings. The van der Waals surface area contributed by atoms with Gasteiger partial charge in [-0.1, -0.05) is 6.07 Å². The number of aromatic carboxylic acids is 1. The Hall–Kier alpha value is -2.57. The van der Waals surface area contributed by atoms with Crippen molar-refractivity contribution >= 4 is 23.6 Å². The van der Waals surface area contributed by atoms with Crippen LogP contribution >= 0.6 is 0 Å². The molecule has 3 amide bonds. The number of hydrogen-bond acceptors (Lipinski definition) is 3. The van der Waals surface area contributed by atoms with Gasteiger partial charge in [-0.3, -0.25) is 4.79 Å². The summed E-state index contributed by atoms with van der Waals surface area (Å²) in [4.78, 5) is 37.1. The Bertz CT molecular complexity index is 569. The van der Waals surface area contributed by atoms with E-state index in [1.165, 1.54) is 22.9 Å². The first-order valence-corrected chi connectivity index (χ1v) is 6.28. The predicted octanol–water partition coefficient (Wildman–Crippen LogP) is 1.25. The summed E-state index contributed by atoms with van der Waals surface area (Å²) in [6, 6.07) is 4.13. The number of anilines is 1. The van der Waals surface area contributed by atoms with Crippen molar-refractivity contribution in [2.45, 2.75) is 6.92 Å². The number of amides is 3. The molecule has 0 aromatic heterocycles. The third-order valence-corrected chi connectivity index (χ3v) is 2.94.